The fraction of sp³-hybridized carbons (Fsp3) is 0.923. The number of nitrogens with zero attached hydrogens (tertiary/aromatic N) is 2. The number of ether oxygens (including phenoxy) is 2. The first-order chi connectivity index (χ1) is 15.7. The fourth-order valence-corrected chi connectivity index (χ4v) is 5.91. The number of hydrogen-bond acceptors (Lipinski definition) is 6. The second-order valence-electron chi connectivity index (χ2n) is 12.8. The van der Waals surface area contributed by atoms with Gasteiger partial charge in [-0.15, -0.1) is 0 Å². The number of carbonyl (C=O) groups is 2. The first-order valence-electron chi connectivity index (χ1n) is 13.2. The van der Waals surface area contributed by atoms with Gasteiger partial charge in [0.1, 0.15) is 11.2 Å². The summed E-state index contributed by atoms with van der Waals surface area (Å²) in [5.74, 6) is 1.87. The van der Waals surface area contributed by atoms with Crippen molar-refractivity contribution in [1.82, 2.24) is 9.80 Å². The predicted molar refractivity (Wildman–Crippen MR) is 133 cm³/mol. The van der Waals surface area contributed by atoms with Gasteiger partial charge in [0.15, 0.2) is 0 Å². The van der Waals surface area contributed by atoms with E-state index in [2.05, 4.69) is 0 Å². The van der Waals surface area contributed by atoms with Gasteiger partial charge in [-0.3, -0.25) is 0 Å². The number of fused-ring (bicyclic) bond motifs is 4. The van der Waals surface area contributed by atoms with Crippen molar-refractivity contribution in [2.45, 2.75) is 103 Å². The fourth-order valence-electron chi connectivity index (χ4n) is 5.91. The van der Waals surface area contributed by atoms with E-state index in [0.29, 0.717) is 23.7 Å². The molecule has 2 aliphatic carbocycles. The molecule has 196 valence electrons. The Morgan fingerprint density at radius 3 is 1.12 bits per heavy atom. The van der Waals surface area contributed by atoms with Crippen molar-refractivity contribution in [2.24, 2.45) is 35.1 Å². The highest BCUT2D eigenvalue weighted by molar-refractivity contribution is 5.68. The average molecular weight is 481 g/mol. The van der Waals surface area contributed by atoms with Crippen LogP contribution in [0, 0.1) is 23.7 Å². The smallest absolute Gasteiger partial charge is 0.410 e. The van der Waals surface area contributed by atoms with Gasteiger partial charge in [-0.2, -0.15) is 0 Å². The Morgan fingerprint density at radius 2 is 0.882 bits per heavy atom. The zero-order chi connectivity index (χ0) is 25.3. The molecule has 4 aliphatic rings. The Labute approximate surface area is 206 Å². The molecule has 4 bridgehead atoms. The molecule has 2 saturated heterocycles. The van der Waals surface area contributed by atoms with E-state index in [-0.39, 0.29) is 24.3 Å². The van der Waals surface area contributed by atoms with Crippen LogP contribution in [-0.4, -0.2) is 71.5 Å². The minimum absolute atomic E-state index is 0.179. The second-order valence-corrected chi connectivity index (χ2v) is 12.8. The molecule has 8 heteroatoms. The van der Waals surface area contributed by atoms with Crippen molar-refractivity contribution in [3.05, 3.63) is 0 Å². The topological polar surface area (TPSA) is 111 Å². The van der Waals surface area contributed by atoms with Gasteiger partial charge in [-0.1, -0.05) is 12.8 Å². The van der Waals surface area contributed by atoms with E-state index < -0.39 is 11.2 Å². The zero-order valence-electron chi connectivity index (χ0n) is 22.2. The van der Waals surface area contributed by atoms with Crippen LogP contribution in [0.3, 0.4) is 0 Å². The van der Waals surface area contributed by atoms with Crippen LogP contribution in [0.25, 0.3) is 0 Å². The summed E-state index contributed by atoms with van der Waals surface area (Å²) in [6.45, 7) is 14.5. The number of carbonyl (C=O) groups excluding carboxylic acids is 2. The summed E-state index contributed by atoms with van der Waals surface area (Å²) in [5, 5.41) is 0. The van der Waals surface area contributed by atoms with E-state index in [9.17, 15) is 9.59 Å². The highest BCUT2D eigenvalue weighted by atomic mass is 16.6. The Morgan fingerprint density at radius 1 is 0.618 bits per heavy atom. The normalized spacial score (nSPS) is 33.4. The molecule has 34 heavy (non-hydrogen) atoms. The molecule has 2 aliphatic heterocycles. The monoisotopic (exact) mass is 480 g/mol. The maximum atomic E-state index is 12.0. The quantitative estimate of drug-likeness (QED) is 0.543. The Bertz CT molecular complexity index is 629. The summed E-state index contributed by atoms with van der Waals surface area (Å²) in [7, 11) is 0. The van der Waals surface area contributed by atoms with Crippen molar-refractivity contribution < 1.29 is 19.1 Å². The number of likely N-dealkylation sites (tertiary alicyclic amines) is 2. The van der Waals surface area contributed by atoms with E-state index in [4.69, 9.17) is 20.9 Å². The molecule has 6 atom stereocenters. The van der Waals surface area contributed by atoms with Crippen LogP contribution in [0.1, 0.15) is 80.1 Å². The second kappa shape index (κ2) is 10.6. The Kier molecular flexibility index (Phi) is 8.44. The SMILES string of the molecule is CC(C)(C)OC(=O)N1C[C@H]2CCC[C@@H](C1)C2N.CC(C)(C)OC(=O)N1C[C@H]2CCC[C@@H](C1)C2N. The van der Waals surface area contributed by atoms with Crippen LogP contribution in [0.4, 0.5) is 9.59 Å². The van der Waals surface area contributed by atoms with Crippen molar-refractivity contribution >= 4 is 12.2 Å². The lowest BCUT2D eigenvalue weighted by atomic mass is 9.74. The maximum Gasteiger partial charge on any atom is 0.410 e. The largest absolute Gasteiger partial charge is 0.444 e. The lowest BCUT2D eigenvalue weighted by Gasteiger charge is -2.45. The first-order valence-corrected chi connectivity index (χ1v) is 13.2. The van der Waals surface area contributed by atoms with Gasteiger partial charge < -0.3 is 30.7 Å². The van der Waals surface area contributed by atoms with Crippen LogP contribution in [0.5, 0.6) is 0 Å². The summed E-state index contributed by atoms with van der Waals surface area (Å²) >= 11 is 0. The molecule has 0 spiro atoms. The first kappa shape index (κ1) is 27.1. The molecule has 8 nitrogen and oxygen atoms in total. The van der Waals surface area contributed by atoms with E-state index in [1.165, 1.54) is 12.8 Å². The summed E-state index contributed by atoms with van der Waals surface area (Å²) in [6.07, 6.45) is 6.75. The molecule has 2 unspecified atom stereocenters. The van der Waals surface area contributed by atoms with Crippen LogP contribution in [0.15, 0.2) is 0 Å². The molecular weight excluding hydrogens is 432 g/mol. The third-order valence-electron chi connectivity index (χ3n) is 7.60. The minimum Gasteiger partial charge on any atom is -0.444 e. The van der Waals surface area contributed by atoms with E-state index in [1.807, 2.05) is 51.3 Å². The molecule has 0 aromatic rings. The average Bonchev–Trinajstić information content (AvgIpc) is 2.65. The summed E-state index contributed by atoms with van der Waals surface area (Å²) in [6, 6.07) is 0.560. The van der Waals surface area contributed by atoms with Gasteiger partial charge in [0.25, 0.3) is 0 Å². The summed E-state index contributed by atoms with van der Waals surface area (Å²) in [4.78, 5) is 27.7. The molecule has 0 aromatic carbocycles. The van der Waals surface area contributed by atoms with Gasteiger partial charge in [-0.05, 0) is 90.9 Å². The standard InChI is InChI=1S/2C13H24N2O2/c2*1-13(2,3)17-12(16)15-7-9-5-4-6-10(8-15)11(9)14/h2*9-11H,4-8,14H2,1-3H3/t2*9-,10+,11?. The van der Waals surface area contributed by atoms with Crippen molar-refractivity contribution in [3.63, 3.8) is 0 Å². The number of hydrogen-bond donors (Lipinski definition) is 2. The van der Waals surface area contributed by atoms with Gasteiger partial charge in [-0.25, -0.2) is 9.59 Å². The summed E-state index contributed by atoms with van der Waals surface area (Å²) < 4.78 is 10.8. The molecule has 4 N–H and O–H groups in total. The zero-order valence-corrected chi connectivity index (χ0v) is 22.2. The number of rotatable bonds is 0. The van der Waals surface area contributed by atoms with Crippen molar-refractivity contribution in [2.75, 3.05) is 26.2 Å². The Balaban J connectivity index is 0.000000191. The summed E-state index contributed by atoms with van der Waals surface area (Å²) in [5.41, 5.74) is 11.6. The molecule has 2 heterocycles. The highest BCUT2D eigenvalue weighted by Gasteiger charge is 2.41. The van der Waals surface area contributed by atoms with E-state index in [1.54, 1.807) is 0 Å². The van der Waals surface area contributed by atoms with Crippen LogP contribution in [-0.2, 0) is 9.47 Å². The predicted octanol–water partition coefficient (Wildman–Crippen LogP) is 3.96. The van der Waals surface area contributed by atoms with Gasteiger partial charge in [0.05, 0.1) is 0 Å². The molecular formula is C26H48N4O4. The van der Waals surface area contributed by atoms with Crippen LogP contribution in [0.2, 0.25) is 0 Å². The minimum atomic E-state index is -0.411. The molecule has 0 radical (unpaired) electrons. The molecule has 2 amide bonds. The molecule has 0 aromatic heterocycles. The highest BCUT2D eigenvalue weighted by Crippen LogP contribution is 2.35. The molecule has 4 rings (SSSR count). The maximum absolute atomic E-state index is 12.0. The number of amides is 2. The third-order valence-corrected chi connectivity index (χ3v) is 7.60. The van der Waals surface area contributed by atoms with Gasteiger partial charge in [0.2, 0.25) is 0 Å². The van der Waals surface area contributed by atoms with Gasteiger partial charge >= 0.3 is 12.2 Å². The lowest BCUT2D eigenvalue weighted by Crippen LogP contribution is -2.57. The van der Waals surface area contributed by atoms with Crippen molar-refractivity contribution in [1.29, 1.82) is 0 Å². The van der Waals surface area contributed by atoms with Crippen LogP contribution < -0.4 is 11.5 Å². The van der Waals surface area contributed by atoms with E-state index in [0.717, 1.165) is 51.9 Å². The number of nitrogens with two attached hydrogens (primary N) is 2. The molecule has 4 fully saturated rings. The molecule has 2 saturated carbocycles. The third kappa shape index (κ3) is 7.23. The van der Waals surface area contributed by atoms with Crippen molar-refractivity contribution in [3.8, 4) is 0 Å². The van der Waals surface area contributed by atoms with Crippen LogP contribution >= 0.6 is 0 Å². The Hall–Kier alpha value is -1.54. The lowest BCUT2D eigenvalue weighted by molar-refractivity contribution is -0.00235. The number of piperidine rings is 2. The van der Waals surface area contributed by atoms with Gasteiger partial charge in [0, 0.05) is 38.3 Å². The van der Waals surface area contributed by atoms with E-state index >= 15 is 0 Å².